The number of rotatable bonds is 4. The zero-order valence-corrected chi connectivity index (χ0v) is 16.4. The van der Waals surface area contributed by atoms with Gasteiger partial charge in [0.25, 0.3) is 0 Å². The number of nitrogens with zero attached hydrogens (tertiary/aromatic N) is 3. The Morgan fingerprint density at radius 2 is 1.46 bits per heavy atom. The summed E-state index contributed by atoms with van der Waals surface area (Å²) in [5, 5.41) is 10.1. The fourth-order valence-electron chi connectivity index (χ4n) is 3.83. The number of hydrogen-bond acceptors (Lipinski definition) is 5. The van der Waals surface area contributed by atoms with Crippen molar-refractivity contribution in [1.82, 2.24) is 15.0 Å². The quantitative estimate of drug-likeness (QED) is 0.675. The molecule has 1 saturated carbocycles. The molecule has 1 fully saturated rings. The van der Waals surface area contributed by atoms with E-state index in [0.717, 1.165) is 40.8 Å². The van der Waals surface area contributed by atoms with Gasteiger partial charge in [-0.2, -0.15) is 9.97 Å². The molecule has 28 heavy (non-hydrogen) atoms. The summed E-state index contributed by atoms with van der Waals surface area (Å²) < 4.78 is 6.09. The molecule has 0 amide bonds. The fourth-order valence-corrected chi connectivity index (χ4v) is 3.83. The van der Waals surface area contributed by atoms with Crippen molar-refractivity contribution < 1.29 is 9.84 Å². The molecule has 0 bridgehead atoms. The van der Waals surface area contributed by atoms with E-state index in [1.54, 1.807) is 0 Å². The lowest BCUT2D eigenvalue weighted by molar-refractivity contribution is 0.155. The molecule has 0 saturated heterocycles. The average Bonchev–Trinajstić information content (AvgIpc) is 2.69. The van der Waals surface area contributed by atoms with E-state index in [1.807, 2.05) is 56.3 Å². The van der Waals surface area contributed by atoms with Crippen LogP contribution in [-0.2, 0) is 0 Å². The maximum Gasteiger partial charge on any atom is 0.318 e. The van der Waals surface area contributed by atoms with E-state index >= 15 is 0 Å². The van der Waals surface area contributed by atoms with Gasteiger partial charge in [0, 0.05) is 11.1 Å². The number of aromatic nitrogens is 3. The third kappa shape index (κ3) is 3.98. The summed E-state index contributed by atoms with van der Waals surface area (Å²) in [4.78, 5) is 12.9. The number of benzene rings is 2. The van der Waals surface area contributed by atoms with Gasteiger partial charge >= 0.3 is 6.01 Å². The summed E-state index contributed by atoms with van der Waals surface area (Å²) in [5.41, 5.74) is 3.88. The van der Waals surface area contributed by atoms with Crippen molar-refractivity contribution in [3.05, 3.63) is 53.6 Å². The van der Waals surface area contributed by atoms with Crippen LogP contribution in [-0.4, -0.2) is 26.2 Å². The molecule has 0 atom stereocenters. The van der Waals surface area contributed by atoms with Gasteiger partial charge in [-0.1, -0.05) is 24.6 Å². The molecule has 144 valence electrons. The molecule has 0 spiro atoms. The molecule has 1 N–H and O–H groups in total. The standard InChI is InChI=1S/C23H25N3O2/c1-15-7-6-8-16(2)20(15)22-24-21(25-23(27)26-22)17-11-13-19(14-12-17)28-18-9-4-3-5-10-18/h6-8,11-14,18H,3-5,9-10H2,1-2H3,(H,24,25,26,27). The summed E-state index contributed by atoms with van der Waals surface area (Å²) in [5.74, 6) is 1.80. The normalized spacial score (nSPS) is 14.8. The van der Waals surface area contributed by atoms with Gasteiger partial charge in [-0.3, -0.25) is 0 Å². The molecule has 0 unspecified atom stereocenters. The van der Waals surface area contributed by atoms with Gasteiger partial charge in [-0.25, -0.2) is 4.98 Å². The lowest BCUT2D eigenvalue weighted by Crippen LogP contribution is -2.19. The first-order valence-electron chi connectivity index (χ1n) is 9.89. The van der Waals surface area contributed by atoms with E-state index in [1.165, 1.54) is 19.3 Å². The van der Waals surface area contributed by atoms with E-state index in [-0.39, 0.29) is 6.01 Å². The Labute approximate surface area is 165 Å². The van der Waals surface area contributed by atoms with Crippen molar-refractivity contribution in [3.8, 4) is 34.5 Å². The first-order chi connectivity index (χ1) is 13.6. The third-order valence-corrected chi connectivity index (χ3v) is 5.30. The zero-order chi connectivity index (χ0) is 19.5. The second-order valence-corrected chi connectivity index (χ2v) is 7.45. The molecule has 4 rings (SSSR count). The maximum absolute atomic E-state index is 10.1. The van der Waals surface area contributed by atoms with Crippen LogP contribution >= 0.6 is 0 Å². The Bertz CT molecular complexity index is 944. The lowest BCUT2D eigenvalue weighted by Gasteiger charge is -2.23. The fraction of sp³-hybridized carbons (Fsp3) is 0.348. The first kappa shape index (κ1) is 18.4. The van der Waals surface area contributed by atoms with Crippen LogP contribution < -0.4 is 4.74 Å². The van der Waals surface area contributed by atoms with Crippen molar-refractivity contribution in [2.45, 2.75) is 52.1 Å². The molecule has 1 aromatic heterocycles. The van der Waals surface area contributed by atoms with Crippen LogP contribution in [0, 0.1) is 13.8 Å². The highest BCUT2D eigenvalue weighted by atomic mass is 16.5. The molecule has 1 heterocycles. The van der Waals surface area contributed by atoms with Gasteiger partial charge in [0.1, 0.15) is 5.75 Å². The Hall–Kier alpha value is -2.95. The van der Waals surface area contributed by atoms with Crippen molar-refractivity contribution >= 4 is 0 Å². The molecular formula is C23H25N3O2. The van der Waals surface area contributed by atoms with Gasteiger partial charge in [0.15, 0.2) is 11.6 Å². The minimum atomic E-state index is -0.273. The third-order valence-electron chi connectivity index (χ3n) is 5.30. The molecule has 1 aliphatic carbocycles. The molecule has 1 aliphatic rings. The molecule has 2 aromatic carbocycles. The van der Waals surface area contributed by atoms with Crippen molar-refractivity contribution in [1.29, 1.82) is 0 Å². The highest BCUT2D eigenvalue weighted by molar-refractivity contribution is 5.67. The molecular weight excluding hydrogens is 350 g/mol. The summed E-state index contributed by atoms with van der Waals surface area (Å²) in [6, 6.07) is 13.5. The Balaban J connectivity index is 1.61. The summed E-state index contributed by atoms with van der Waals surface area (Å²) in [7, 11) is 0. The summed E-state index contributed by atoms with van der Waals surface area (Å²) >= 11 is 0. The van der Waals surface area contributed by atoms with Crippen molar-refractivity contribution in [2.75, 3.05) is 0 Å². The molecule has 0 radical (unpaired) electrons. The first-order valence-corrected chi connectivity index (χ1v) is 9.89. The monoisotopic (exact) mass is 375 g/mol. The number of aryl methyl sites for hydroxylation is 2. The molecule has 0 aliphatic heterocycles. The van der Waals surface area contributed by atoms with E-state index in [4.69, 9.17) is 4.74 Å². The second kappa shape index (κ2) is 7.97. The predicted octanol–water partition coefficient (Wildman–Crippen LogP) is 5.24. The minimum absolute atomic E-state index is 0.273. The average molecular weight is 375 g/mol. The highest BCUT2D eigenvalue weighted by Crippen LogP contribution is 2.29. The largest absolute Gasteiger partial charge is 0.490 e. The van der Waals surface area contributed by atoms with Crippen LogP contribution in [0.2, 0.25) is 0 Å². The van der Waals surface area contributed by atoms with Crippen LogP contribution in [0.3, 0.4) is 0 Å². The van der Waals surface area contributed by atoms with Gasteiger partial charge in [0.2, 0.25) is 0 Å². The summed E-state index contributed by atoms with van der Waals surface area (Å²) in [6.45, 7) is 4.03. The molecule has 3 aromatic rings. The Morgan fingerprint density at radius 3 is 2.14 bits per heavy atom. The lowest BCUT2D eigenvalue weighted by atomic mass is 9.98. The van der Waals surface area contributed by atoms with Crippen LogP contribution in [0.25, 0.3) is 22.8 Å². The zero-order valence-electron chi connectivity index (χ0n) is 16.4. The van der Waals surface area contributed by atoms with Gasteiger partial charge in [-0.05, 0) is 74.9 Å². The number of aromatic hydroxyl groups is 1. The Kier molecular flexibility index (Phi) is 5.24. The van der Waals surface area contributed by atoms with Crippen LogP contribution in [0.5, 0.6) is 11.8 Å². The molecule has 5 heteroatoms. The van der Waals surface area contributed by atoms with Gasteiger partial charge in [-0.15, -0.1) is 0 Å². The topological polar surface area (TPSA) is 68.1 Å². The molecule has 5 nitrogen and oxygen atoms in total. The van der Waals surface area contributed by atoms with E-state index in [0.29, 0.717) is 17.8 Å². The number of hydrogen-bond donors (Lipinski definition) is 1. The predicted molar refractivity (Wildman–Crippen MR) is 109 cm³/mol. The Morgan fingerprint density at radius 1 is 0.821 bits per heavy atom. The number of ether oxygens (including phenoxy) is 1. The van der Waals surface area contributed by atoms with Gasteiger partial charge < -0.3 is 9.84 Å². The summed E-state index contributed by atoms with van der Waals surface area (Å²) in [6.07, 6.45) is 6.37. The van der Waals surface area contributed by atoms with Crippen LogP contribution in [0.1, 0.15) is 43.2 Å². The highest BCUT2D eigenvalue weighted by Gasteiger charge is 2.16. The smallest absolute Gasteiger partial charge is 0.318 e. The van der Waals surface area contributed by atoms with Crippen molar-refractivity contribution in [2.24, 2.45) is 0 Å². The van der Waals surface area contributed by atoms with E-state index in [2.05, 4.69) is 15.0 Å². The van der Waals surface area contributed by atoms with E-state index in [9.17, 15) is 5.11 Å². The second-order valence-electron chi connectivity index (χ2n) is 7.45. The van der Waals surface area contributed by atoms with E-state index < -0.39 is 0 Å². The van der Waals surface area contributed by atoms with Crippen LogP contribution in [0.4, 0.5) is 0 Å². The van der Waals surface area contributed by atoms with Crippen molar-refractivity contribution in [3.63, 3.8) is 0 Å². The van der Waals surface area contributed by atoms with Crippen LogP contribution in [0.15, 0.2) is 42.5 Å². The maximum atomic E-state index is 10.1. The minimum Gasteiger partial charge on any atom is -0.490 e. The van der Waals surface area contributed by atoms with Gasteiger partial charge in [0.05, 0.1) is 6.10 Å². The SMILES string of the molecule is Cc1cccc(C)c1-c1nc(O)nc(-c2ccc(OC3CCCCC3)cc2)n1.